The Morgan fingerprint density at radius 1 is 1.17 bits per heavy atom. The number of hydrogen-bond donors (Lipinski definition) is 2. The molecule has 3 aliphatic rings. The number of amides is 1. The van der Waals surface area contributed by atoms with Gasteiger partial charge in [-0.3, -0.25) is 14.5 Å². The van der Waals surface area contributed by atoms with Crippen LogP contribution in [0.4, 0.5) is 10.1 Å². The lowest BCUT2D eigenvalue weighted by molar-refractivity contribution is -0.122. The number of ketones is 1. The van der Waals surface area contributed by atoms with Crippen LogP contribution in [0.15, 0.2) is 36.4 Å². The van der Waals surface area contributed by atoms with Gasteiger partial charge in [-0.25, -0.2) is 4.39 Å². The SMILES string of the molecule is CCC(C)(C)C[C@H]1N[C@@H](C(=O)CCCCN2CCOCC2)[C@H](c2cccc(Cl)c2F)[C@@]12C(=O)Nc1cc(Cl)ccc12. The molecule has 0 radical (unpaired) electrons. The molecule has 222 valence electrons. The number of halogens is 3. The number of carbonyl (C=O) groups excluding carboxylic acids is 2. The molecule has 1 spiro atoms. The molecule has 1 amide bonds. The predicted molar refractivity (Wildman–Crippen MR) is 161 cm³/mol. The number of hydrogen-bond acceptors (Lipinski definition) is 5. The molecular weight excluding hydrogens is 564 g/mol. The molecule has 5 rings (SSSR count). The summed E-state index contributed by atoms with van der Waals surface area (Å²) >= 11 is 12.6. The van der Waals surface area contributed by atoms with Gasteiger partial charge in [-0.2, -0.15) is 0 Å². The number of ether oxygens (including phenoxy) is 1. The van der Waals surface area contributed by atoms with Gasteiger partial charge in [-0.15, -0.1) is 0 Å². The third-order valence-corrected chi connectivity index (χ3v) is 9.96. The van der Waals surface area contributed by atoms with E-state index in [1.54, 1.807) is 24.3 Å². The zero-order chi connectivity index (χ0) is 29.4. The van der Waals surface area contributed by atoms with E-state index in [4.69, 9.17) is 27.9 Å². The van der Waals surface area contributed by atoms with Gasteiger partial charge < -0.3 is 15.4 Å². The molecule has 0 bridgehead atoms. The van der Waals surface area contributed by atoms with Gasteiger partial charge in [-0.1, -0.05) is 68.6 Å². The fourth-order valence-corrected chi connectivity index (χ4v) is 7.26. The van der Waals surface area contributed by atoms with Crippen molar-refractivity contribution in [3.63, 3.8) is 0 Å². The van der Waals surface area contributed by atoms with Gasteiger partial charge >= 0.3 is 0 Å². The molecule has 6 nitrogen and oxygen atoms in total. The molecule has 0 saturated carbocycles. The molecule has 4 atom stereocenters. The summed E-state index contributed by atoms with van der Waals surface area (Å²) in [5.74, 6) is -1.63. The lowest BCUT2D eigenvalue weighted by Gasteiger charge is -2.38. The Morgan fingerprint density at radius 3 is 2.66 bits per heavy atom. The minimum Gasteiger partial charge on any atom is -0.379 e. The van der Waals surface area contributed by atoms with Crippen molar-refractivity contribution in [2.75, 3.05) is 38.2 Å². The fourth-order valence-electron chi connectivity index (χ4n) is 6.90. The van der Waals surface area contributed by atoms with Crippen molar-refractivity contribution < 1.29 is 18.7 Å². The number of carbonyl (C=O) groups is 2. The van der Waals surface area contributed by atoms with E-state index in [9.17, 15) is 9.59 Å². The zero-order valence-corrected chi connectivity index (χ0v) is 25.6. The van der Waals surface area contributed by atoms with E-state index < -0.39 is 29.2 Å². The quantitative estimate of drug-likeness (QED) is 0.310. The normalized spacial score (nSPS) is 26.4. The first-order chi connectivity index (χ1) is 19.6. The highest BCUT2D eigenvalue weighted by Gasteiger charge is 2.66. The maximum atomic E-state index is 15.9. The van der Waals surface area contributed by atoms with Crippen LogP contribution in [0.1, 0.15) is 69.9 Å². The van der Waals surface area contributed by atoms with Crippen LogP contribution in [-0.4, -0.2) is 61.5 Å². The standard InChI is InChI=1S/C32H40Cl2FN3O3/c1-4-31(2,3)19-26-32(22-12-11-20(33)18-24(22)36-30(32)40)27(21-8-7-9-23(34)28(21)35)29(37-26)25(39)10-5-6-13-38-14-16-41-17-15-38/h7-9,11-12,18,26-27,29,37H,4-6,10,13-17,19H2,1-3H3,(H,36,40)/t26-,27+,29+,32+/m1/s1. The molecule has 0 unspecified atom stereocenters. The van der Waals surface area contributed by atoms with E-state index in [0.29, 0.717) is 23.6 Å². The van der Waals surface area contributed by atoms with Crippen LogP contribution in [0.5, 0.6) is 0 Å². The average molecular weight is 605 g/mol. The molecule has 3 aliphatic heterocycles. The number of benzene rings is 2. The Morgan fingerprint density at radius 2 is 1.93 bits per heavy atom. The van der Waals surface area contributed by atoms with E-state index in [-0.39, 0.29) is 27.7 Å². The van der Waals surface area contributed by atoms with Crippen molar-refractivity contribution in [2.45, 2.75) is 76.3 Å². The summed E-state index contributed by atoms with van der Waals surface area (Å²) in [7, 11) is 0. The second-order valence-electron chi connectivity index (χ2n) is 12.4. The number of Topliss-reactive ketones (excluding diaryl/α,β-unsaturated/α-hetero) is 1. The Bertz CT molecular complexity index is 1300. The Balaban J connectivity index is 1.54. The highest BCUT2D eigenvalue weighted by atomic mass is 35.5. The second-order valence-corrected chi connectivity index (χ2v) is 13.3. The predicted octanol–water partition coefficient (Wildman–Crippen LogP) is 6.34. The Labute approximate surface area is 252 Å². The van der Waals surface area contributed by atoms with Gasteiger partial charge in [0.1, 0.15) is 17.0 Å². The first-order valence-electron chi connectivity index (χ1n) is 14.7. The lowest BCUT2D eigenvalue weighted by atomic mass is 9.62. The minimum atomic E-state index is -1.22. The largest absolute Gasteiger partial charge is 0.379 e. The van der Waals surface area contributed by atoms with E-state index in [0.717, 1.165) is 57.7 Å². The van der Waals surface area contributed by atoms with Crippen molar-refractivity contribution in [1.82, 2.24) is 10.2 Å². The molecule has 0 aromatic heterocycles. The van der Waals surface area contributed by atoms with Crippen molar-refractivity contribution in [3.8, 4) is 0 Å². The van der Waals surface area contributed by atoms with E-state index in [2.05, 4.69) is 36.3 Å². The van der Waals surface area contributed by atoms with Crippen LogP contribution in [-0.2, 0) is 19.7 Å². The smallest absolute Gasteiger partial charge is 0.237 e. The van der Waals surface area contributed by atoms with Gasteiger partial charge in [0.15, 0.2) is 0 Å². The maximum Gasteiger partial charge on any atom is 0.237 e. The zero-order valence-electron chi connectivity index (χ0n) is 24.1. The van der Waals surface area contributed by atoms with Crippen molar-refractivity contribution in [3.05, 3.63) is 63.4 Å². The number of morpholine rings is 1. The minimum absolute atomic E-state index is 0.0113. The summed E-state index contributed by atoms with van der Waals surface area (Å²) in [6, 6.07) is 9.04. The summed E-state index contributed by atoms with van der Waals surface area (Å²) in [4.78, 5) is 30.7. The summed E-state index contributed by atoms with van der Waals surface area (Å²) in [6.45, 7) is 10.6. The van der Waals surface area contributed by atoms with Crippen LogP contribution < -0.4 is 10.6 Å². The van der Waals surface area contributed by atoms with Gasteiger partial charge in [0.05, 0.1) is 24.3 Å². The Kier molecular flexibility index (Phi) is 9.12. The number of nitrogens with zero attached hydrogens (tertiary/aromatic N) is 1. The Hall–Kier alpha value is -2.03. The molecular formula is C32H40Cl2FN3O3. The van der Waals surface area contributed by atoms with E-state index >= 15 is 4.39 Å². The molecule has 9 heteroatoms. The van der Waals surface area contributed by atoms with Gasteiger partial charge in [-0.05, 0) is 60.5 Å². The summed E-state index contributed by atoms with van der Waals surface area (Å²) < 4.78 is 21.3. The first-order valence-corrected chi connectivity index (χ1v) is 15.5. The fraction of sp³-hybridized carbons (Fsp3) is 0.562. The summed E-state index contributed by atoms with van der Waals surface area (Å²) in [5, 5.41) is 7.12. The number of fused-ring (bicyclic) bond motifs is 2. The molecule has 2 aromatic rings. The van der Waals surface area contributed by atoms with E-state index in [1.807, 2.05) is 6.07 Å². The van der Waals surface area contributed by atoms with Gasteiger partial charge in [0.25, 0.3) is 0 Å². The third kappa shape index (κ3) is 5.81. The maximum absolute atomic E-state index is 15.9. The monoisotopic (exact) mass is 603 g/mol. The molecule has 41 heavy (non-hydrogen) atoms. The lowest BCUT2D eigenvalue weighted by Crippen LogP contribution is -2.50. The van der Waals surface area contributed by atoms with Crippen molar-refractivity contribution in [1.29, 1.82) is 0 Å². The second kappa shape index (κ2) is 12.3. The third-order valence-electron chi connectivity index (χ3n) is 9.43. The number of unbranched alkanes of at least 4 members (excludes halogenated alkanes) is 1. The van der Waals surface area contributed by atoms with Gasteiger partial charge in [0.2, 0.25) is 5.91 Å². The molecule has 3 heterocycles. The van der Waals surface area contributed by atoms with Crippen LogP contribution in [0, 0.1) is 11.2 Å². The molecule has 2 saturated heterocycles. The highest BCUT2D eigenvalue weighted by molar-refractivity contribution is 6.31. The summed E-state index contributed by atoms with van der Waals surface area (Å²) in [5.41, 5.74) is 0.281. The number of anilines is 1. The summed E-state index contributed by atoms with van der Waals surface area (Å²) in [6.07, 6.45) is 3.45. The van der Waals surface area contributed by atoms with E-state index in [1.165, 1.54) is 6.07 Å². The topological polar surface area (TPSA) is 70.7 Å². The van der Waals surface area contributed by atoms with Crippen molar-refractivity contribution in [2.24, 2.45) is 5.41 Å². The van der Waals surface area contributed by atoms with Crippen molar-refractivity contribution >= 4 is 40.6 Å². The molecule has 0 aliphatic carbocycles. The van der Waals surface area contributed by atoms with Gasteiger partial charge in [0, 0.05) is 42.2 Å². The molecule has 2 aromatic carbocycles. The molecule has 2 fully saturated rings. The van der Waals surface area contributed by atoms with Crippen LogP contribution in [0.2, 0.25) is 10.0 Å². The van der Waals surface area contributed by atoms with Crippen LogP contribution in [0.25, 0.3) is 0 Å². The van der Waals surface area contributed by atoms with Crippen LogP contribution in [0.3, 0.4) is 0 Å². The number of rotatable bonds is 10. The van der Waals surface area contributed by atoms with Crippen LogP contribution >= 0.6 is 23.2 Å². The average Bonchev–Trinajstić information content (AvgIpc) is 3.42. The first kappa shape index (κ1) is 30.4. The highest BCUT2D eigenvalue weighted by Crippen LogP contribution is 2.57. The number of nitrogens with one attached hydrogen (secondary N) is 2. The molecule has 2 N–H and O–H groups in total.